The van der Waals surface area contributed by atoms with Gasteiger partial charge in [-0.05, 0) is 29.4 Å². The fourth-order valence-electron chi connectivity index (χ4n) is 1.17. The van der Waals surface area contributed by atoms with E-state index in [2.05, 4.69) is 10.2 Å². The van der Waals surface area contributed by atoms with Gasteiger partial charge in [-0.3, -0.25) is 4.98 Å². The number of nitroso groups, excluding NO2 is 1. The van der Waals surface area contributed by atoms with Gasteiger partial charge >= 0.3 is 0 Å². The van der Waals surface area contributed by atoms with E-state index in [4.69, 9.17) is 0 Å². The van der Waals surface area contributed by atoms with Gasteiger partial charge in [0.25, 0.3) is 0 Å². The van der Waals surface area contributed by atoms with E-state index in [1.54, 1.807) is 24.4 Å². The average molecular weight is 158 g/mol. The van der Waals surface area contributed by atoms with Crippen LogP contribution in [0, 0.1) is 4.91 Å². The first kappa shape index (κ1) is 6.91. The number of fused-ring (bicyclic) bond motifs is 1. The van der Waals surface area contributed by atoms with Crippen molar-refractivity contribution in [1.82, 2.24) is 4.98 Å². The van der Waals surface area contributed by atoms with Crippen molar-refractivity contribution in [3.05, 3.63) is 41.4 Å². The summed E-state index contributed by atoms with van der Waals surface area (Å²) in [7, 11) is 0. The Labute approximate surface area is 69.0 Å². The Hall–Kier alpha value is -1.77. The first-order chi connectivity index (χ1) is 5.92. The van der Waals surface area contributed by atoms with Crippen LogP contribution in [0.2, 0.25) is 0 Å². The highest BCUT2D eigenvalue weighted by molar-refractivity contribution is 5.89. The summed E-state index contributed by atoms with van der Waals surface area (Å²) in [5.41, 5.74) is 1.25. The molecule has 0 aliphatic rings. The molecule has 1 aromatic carbocycles. The maximum absolute atomic E-state index is 10.3. The molecule has 0 fully saturated rings. The van der Waals surface area contributed by atoms with Crippen LogP contribution in [0.15, 0.2) is 41.7 Å². The standard InChI is InChI=1S/C9H6N2O/c12-11-9-5-1-4-8-7(9)3-2-6-10-8/h1-6H. The molecule has 2 rings (SSSR count). The monoisotopic (exact) mass is 158 g/mol. The smallest absolute Gasteiger partial charge is 0.117 e. The topological polar surface area (TPSA) is 42.3 Å². The number of benzene rings is 1. The van der Waals surface area contributed by atoms with Gasteiger partial charge in [0.2, 0.25) is 0 Å². The zero-order chi connectivity index (χ0) is 8.39. The summed E-state index contributed by atoms with van der Waals surface area (Å²) in [6, 6.07) is 8.92. The largest absolute Gasteiger partial charge is 0.256 e. The van der Waals surface area contributed by atoms with E-state index >= 15 is 0 Å². The SMILES string of the molecule is O=Nc1cccc2ncccc12. The van der Waals surface area contributed by atoms with Crippen LogP contribution in [-0.2, 0) is 0 Å². The Morgan fingerprint density at radius 1 is 1.17 bits per heavy atom. The van der Waals surface area contributed by atoms with Crippen molar-refractivity contribution in [3.8, 4) is 0 Å². The van der Waals surface area contributed by atoms with Gasteiger partial charge in [0.15, 0.2) is 0 Å². The summed E-state index contributed by atoms with van der Waals surface area (Å²) in [4.78, 5) is 14.4. The molecule has 0 saturated carbocycles. The lowest BCUT2D eigenvalue weighted by Gasteiger charge is -1.95. The highest BCUT2D eigenvalue weighted by Gasteiger charge is 1.98. The predicted molar refractivity (Wildman–Crippen MR) is 47.2 cm³/mol. The second kappa shape index (κ2) is 2.70. The molecule has 1 heterocycles. The minimum atomic E-state index is 0.445. The average Bonchev–Trinajstić information content (AvgIpc) is 2.17. The number of nitrogens with zero attached hydrogens (tertiary/aromatic N) is 2. The Morgan fingerprint density at radius 3 is 2.92 bits per heavy atom. The zero-order valence-electron chi connectivity index (χ0n) is 6.27. The second-order valence-electron chi connectivity index (χ2n) is 2.44. The molecule has 0 aliphatic carbocycles. The third-order valence-corrected chi connectivity index (χ3v) is 1.72. The molecule has 0 spiro atoms. The van der Waals surface area contributed by atoms with Crippen molar-refractivity contribution in [3.63, 3.8) is 0 Å². The quantitative estimate of drug-likeness (QED) is 0.598. The van der Waals surface area contributed by atoms with E-state index < -0.39 is 0 Å². The molecule has 1 aromatic heterocycles. The highest BCUT2D eigenvalue weighted by Crippen LogP contribution is 2.23. The van der Waals surface area contributed by atoms with E-state index in [0.717, 1.165) is 10.9 Å². The molecule has 0 saturated heterocycles. The van der Waals surface area contributed by atoms with Crippen LogP contribution in [0.4, 0.5) is 5.69 Å². The van der Waals surface area contributed by atoms with Gasteiger partial charge < -0.3 is 0 Å². The first-order valence-electron chi connectivity index (χ1n) is 3.59. The van der Waals surface area contributed by atoms with Crippen molar-refractivity contribution in [2.45, 2.75) is 0 Å². The highest BCUT2D eigenvalue weighted by atomic mass is 16.3. The second-order valence-corrected chi connectivity index (χ2v) is 2.44. The summed E-state index contributed by atoms with van der Waals surface area (Å²) in [6.07, 6.45) is 1.69. The third kappa shape index (κ3) is 0.955. The molecular formula is C9H6N2O. The zero-order valence-corrected chi connectivity index (χ0v) is 6.27. The molecule has 12 heavy (non-hydrogen) atoms. The van der Waals surface area contributed by atoms with Crippen molar-refractivity contribution in [2.24, 2.45) is 5.18 Å². The van der Waals surface area contributed by atoms with E-state index in [-0.39, 0.29) is 0 Å². The number of pyridine rings is 1. The van der Waals surface area contributed by atoms with Gasteiger partial charge in [0.1, 0.15) is 5.69 Å². The minimum absolute atomic E-state index is 0.445. The fourth-order valence-corrected chi connectivity index (χ4v) is 1.17. The first-order valence-corrected chi connectivity index (χ1v) is 3.59. The van der Waals surface area contributed by atoms with Gasteiger partial charge in [0.05, 0.1) is 5.52 Å². The lowest BCUT2D eigenvalue weighted by atomic mass is 10.2. The third-order valence-electron chi connectivity index (χ3n) is 1.72. The van der Waals surface area contributed by atoms with Crippen LogP contribution >= 0.6 is 0 Å². The summed E-state index contributed by atoms with van der Waals surface area (Å²) in [5, 5.41) is 3.71. The predicted octanol–water partition coefficient (Wildman–Crippen LogP) is 2.63. The molecule has 0 atom stereocenters. The Kier molecular flexibility index (Phi) is 1.55. The van der Waals surface area contributed by atoms with Gasteiger partial charge in [-0.15, -0.1) is 4.91 Å². The van der Waals surface area contributed by atoms with Crippen LogP contribution in [0.5, 0.6) is 0 Å². The number of hydrogen-bond donors (Lipinski definition) is 0. The molecule has 3 heteroatoms. The summed E-state index contributed by atoms with van der Waals surface area (Å²) in [6.45, 7) is 0. The van der Waals surface area contributed by atoms with Crippen LogP contribution < -0.4 is 0 Å². The Bertz CT molecular complexity index is 420. The normalized spacial score (nSPS) is 10.0. The van der Waals surface area contributed by atoms with Crippen molar-refractivity contribution in [1.29, 1.82) is 0 Å². The molecule has 0 amide bonds. The summed E-state index contributed by atoms with van der Waals surface area (Å²) in [5.74, 6) is 0. The molecular weight excluding hydrogens is 152 g/mol. The summed E-state index contributed by atoms with van der Waals surface area (Å²) < 4.78 is 0. The molecule has 3 nitrogen and oxygen atoms in total. The van der Waals surface area contributed by atoms with Gasteiger partial charge in [-0.25, -0.2) is 0 Å². The molecule has 0 N–H and O–H groups in total. The fraction of sp³-hybridized carbons (Fsp3) is 0. The Morgan fingerprint density at radius 2 is 2.08 bits per heavy atom. The van der Waals surface area contributed by atoms with E-state index in [1.807, 2.05) is 12.1 Å². The molecule has 0 bridgehead atoms. The van der Waals surface area contributed by atoms with Gasteiger partial charge in [-0.2, -0.15) is 0 Å². The number of hydrogen-bond acceptors (Lipinski definition) is 3. The van der Waals surface area contributed by atoms with Crippen LogP contribution in [0.1, 0.15) is 0 Å². The number of aromatic nitrogens is 1. The maximum atomic E-state index is 10.3. The number of rotatable bonds is 1. The molecule has 2 aromatic rings. The molecule has 58 valence electrons. The molecule has 0 aliphatic heterocycles. The van der Waals surface area contributed by atoms with Gasteiger partial charge in [-0.1, -0.05) is 6.07 Å². The minimum Gasteiger partial charge on any atom is -0.256 e. The lowest BCUT2D eigenvalue weighted by Crippen LogP contribution is -1.75. The van der Waals surface area contributed by atoms with Crippen LogP contribution in [-0.4, -0.2) is 4.98 Å². The van der Waals surface area contributed by atoms with Crippen molar-refractivity contribution in [2.75, 3.05) is 0 Å². The van der Waals surface area contributed by atoms with Gasteiger partial charge in [0, 0.05) is 11.6 Å². The van der Waals surface area contributed by atoms with E-state index in [9.17, 15) is 4.91 Å². The Balaban J connectivity index is 2.88. The summed E-state index contributed by atoms with van der Waals surface area (Å²) >= 11 is 0. The van der Waals surface area contributed by atoms with Crippen LogP contribution in [0.25, 0.3) is 10.9 Å². The van der Waals surface area contributed by atoms with E-state index in [1.165, 1.54) is 0 Å². The van der Waals surface area contributed by atoms with Crippen molar-refractivity contribution < 1.29 is 0 Å². The maximum Gasteiger partial charge on any atom is 0.117 e. The molecule has 0 radical (unpaired) electrons. The van der Waals surface area contributed by atoms with E-state index in [0.29, 0.717) is 5.69 Å². The molecule has 0 unspecified atom stereocenters. The lowest BCUT2D eigenvalue weighted by molar-refractivity contribution is 1.40. The van der Waals surface area contributed by atoms with Crippen LogP contribution in [0.3, 0.4) is 0 Å². The van der Waals surface area contributed by atoms with Crippen molar-refractivity contribution >= 4 is 16.6 Å².